The van der Waals surface area contributed by atoms with Gasteiger partial charge in [-0.1, -0.05) is 53.2 Å². The maximum Gasteiger partial charge on any atom is 0.439 e. The molecule has 7 rings (SSSR count). The Hall–Kier alpha value is -4.10. The zero-order valence-corrected chi connectivity index (χ0v) is 20.9. The van der Waals surface area contributed by atoms with Crippen LogP contribution >= 0.6 is 11.6 Å². The van der Waals surface area contributed by atoms with Crippen LogP contribution in [0.2, 0.25) is 5.02 Å². The smallest absolute Gasteiger partial charge is 0.439 e. The third-order valence-electron chi connectivity index (χ3n) is 7.19. The Labute approximate surface area is 217 Å². The fourth-order valence-corrected chi connectivity index (χ4v) is 5.47. The number of nitrogens with zero attached hydrogens (tertiary/aromatic N) is 3. The van der Waals surface area contributed by atoms with E-state index in [9.17, 15) is 4.79 Å². The summed E-state index contributed by atoms with van der Waals surface area (Å²) in [6.07, 6.45) is 2.32. The molecule has 37 heavy (non-hydrogen) atoms. The lowest BCUT2D eigenvalue weighted by Gasteiger charge is -2.15. The molecule has 1 N–H and O–H groups in total. The molecule has 5 aromatic rings. The molecule has 0 saturated heterocycles. The normalized spacial score (nSPS) is 16.2. The lowest BCUT2D eigenvalue weighted by molar-refractivity contribution is 0.307. The van der Waals surface area contributed by atoms with E-state index in [1.54, 1.807) is 0 Å². The Morgan fingerprint density at radius 1 is 1.11 bits per heavy atom. The van der Waals surface area contributed by atoms with E-state index in [0.717, 1.165) is 68.8 Å². The Balaban J connectivity index is 1.36. The molecule has 1 aliphatic heterocycles. The number of ether oxygens (including phenoxy) is 1. The highest BCUT2D eigenvalue weighted by Gasteiger charge is 2.30. The minimum atomic E-state index is -0.581. The second kappa shape index (κ2) is 8.49. The van der Waals surface area contributed by atoms with E-state index in [1.165, 1.54) is 0 Å². The van der Waals surface area contributed by atoms with Crippen molar-refractivity contribution in [3.05, 3.63) is 110 Å². The first-order valence-corrected chi connectivity index (χ1v) is 12.7. The van der Waals surface area contributed by atoms with Crippen LogP contribution in [0.15, 0.2) is 70.0 Å². The Kier molecular flexibility index (Phi) is 5.08. The molecule has 0 unspecified atom stereocenters. The molecular formula is C29H23ClN4O3. The third kappa shape index (κ3) is 3.78. The van der Waals surface area contributed by atoms with Crippen molar-refractivity contribution in [2.45, 2.75) is 38.8 Å². The van der Waals surface area contributed by atoms with Gasteiger partial charge in [0.1, 0.15) is 23.7 Å². The molecule has 2 aliphatic rings. The first-order valence-electron chi connectivity index (χ1n) is 12.3. The van der Waals surface area contributed by atoms with E-state index < -0.39 is 5.76 Å². The molecule has 0 spiro atoms. The summed E-state index contributed by atoms with van der Waals surface area (Å²) in [7, 11) is 0. The van der Waals surface area contributed by atoms with Gasteiger partial charge in [-0.05, 0) is 66.3 Å². The van der Waals surface area contributed by atoms with Crippen molar-refractivity contribution < 1.29 is 9.26 Å². The number of aromatic nitrogens is 4. The van der Waals surface area contributed by atoms with Gasteiger partial charge in [-0.25, -0.2) is 9.78 Å². The number of imidazole rings is 1. The van der Waals surface area contributed by atoms with Crippen LogP contribution in [-0.2, 0) is 13.2 Å². The Morgan fingerprint density at radius 2 is 1.97 bits per heavy atom. The number of hydrogen-bond donors (Lipinski definition) is 1. The highest BCUT2D eigenvalue weighted by atomic mass is 35.5. The number of nitrogens with one attached hydrogen (secondary N) is 1. The number of hydrogen-bond acceptors (Lipinski definition) is 5. The van der Waals surface area contributed by atoms with Crippen molar-refractivity contribution in [2.75, 3.05) is 0 Å². The van der Waals surface area contributed by atoms with Crippen LogP contribution in [0.3, 0.4) is 0 Å². The van der Waals surface area contributed by atoms with Crippen molar-refractivity contribution in [3.8, 4) is 5.75 Å². The molecule has 7 nitrogen and oxygen atoms in total. The Morgan fingerprint density at radius 3 is 2.78 bits per heavy atom. The van der Waals surface area contributed by atoms with Crippen LogP contribution in [0.1, 0.15) is 59.6 Å². The van der Waals surface area contributed by atoms with Gasteiger partial charge in [-0.3, -0.25) is 9.51 Å². The summed E-state index contributed by atoms with van der Waals surface area (Å²) in [5, 5.41) is 4.62. The molecule has 3 heterocycles. The van der Waals surface area contributed by atoms with Gasteiger partial charge in [-0.15, -0.1) is 0 Å². The summed E-state index contributed by atoms with van der Waals surface area (Å²) in [6, 6.07) is 20.4. The standard InChI is InChI=1S/C29H23ClN4O3/c1-16(27-32-29(35)37-33-27)25-20-12-9-17(13-19(20)15-36-24-8-3-2-5-21(24)25)14-34-23-7-4-6-22(30)26(23)31-28(34)18-10-11-18/h2-9,12-13,18H,10-11,14-15H2,1H3,(H,32,33,35)/b25-16-. The fraction of sp³-hybridized carbons (Fsp3) is 0.207. The van der Waals surface area contributed by atoms with Gasteiger partial charge in [0.25, 0.3) is 0 Å². The average Bonchev–Trinajstić information content (AvgIpc) is 3.59. The topological polar surface area (TPSA) is 85.9 Å². The molecular weight excluding hydrogens is 488 g/mol. The first-order chi connectivity index (χ1) is 18.1. The van der Waals surface area contributed by atoms with Crippen LogP contribution in [-0.4, -0.2) is 19.7 Å². The molecule has 0 radical (unpaired) electrons. The number of benzene rings is 3. The van der Waals surface area contributed by atoms with Gasteiger partial charge >= 0.3 is 5.76 Å². The van der Waals surface area contributed by atoms with Gasteiger partial charge in [0.15, 0.2) is 5.82 Å². The molecule has 0 bridgehead atoms. The number of halogens is 1. The minimum absolute atomic E-state index is 0.405. The third-order valence-corrected chi connectivity index (χ3v) is 7.50. The van der Waals surface area contributed by atoms with E-state index in [-0.39, 0.29) is 0 Å². The number of fused-ring (bicyclic) bond motifs is 3. The number of allylic oxidation sites excluding steroid dienone is 1. The maximum absolute atomic E-state index is 11.7. The zero-order chi connectivity index (χ0) is 25.1. The highest BCUT2D eigenvalue weighted by Crippen LogP contribution is 2.43. The molecule has 1 saturated carbocycles. The van der Waals surface area contributed by atoms with Gasteiger partial charge < -0.3 is 9.30 Å². The van der Waals surface area contributed by atoms with E-state index >= 15 is 0 Å². The van der Waals surface area contributed by atoms with E-state index in [1.807, 2.05) is 43.3 Å². The molecule has 3 aromatic carbocycles. The summed E-state index contributed by atoms with van der Waals surface area (Å²) in [5.41, 5.74) is 7.88. The van der Waals surface area contributed by atoms with E-state index in [0.29, 0.717) is 29.9 Å². The zero-order valence-electron chi connectivity index (χ0n) is 20.1. The number of H-pyrrole nitrogens is 1. The number of aromatic amines is 1. The molecule has 1 fully saturated rings. The summed E-state index contributed by atoms with van der Waals surface area (Å²) >= 11 is 6.49. The van der Waals surface area contributed by atoms with Gasteiger partial charge in [0, 0.05) is 23.6 Å². The monoisotopic (exact) mass is 510 g/mol. The highest BCUT2D eigenvalue weighted by molar-refractivity contribution is 6.34. The van der Waals surface area contributed by atoms with E-state index in [2.05, 4.69) is 39.0 Å². The molecule has 8 heteroatoms. The quantitative estimate of drug-likeness (QED) is 0.313. The number of rotatable bonds is 4. The Bertz CT molecular complexity index is 1770. The second-order valence-corrected chi connectivity index (χ2v) is 10.1. The molecule has 2 aromatic heterocycles. The lowest BCUT2D eigenvalue weighted by Crippen LogP contribution is -2.06. The van der Waals surface area contributed by atoms with Crippen LogP contribution in [0.25, 0.3) is 22.2 Å². The molecule has 0 atom stereocenters. The van der Waals surface area contributed by atoms with Gasteiger partial charge in [0.05, 0.1) is 10.5 Å². The summed E-state index contributed by atoms with van der Waals surface area (Å²) in [5.74, 6) is 2.20. The average molecular weight is 511 g/mol. The van der Waals surface area contributed by atoms with Crippen LogP contribution in [0.4, 0.5) is 0 Å². The summed E-state index contributed by atoms with van der Waals surface area (Å²) in [4.78, 5) is 19.3. The fourth-order valence-electron chi connectivity index (χ4n) is 5.26. The lowest BCUT2D eigenvalue weighted by atomic mass is 9.89. The van der Waals surface area contributed by atoms with Crippen LogP contribution < -0.4 is 10.5 Å². The maximum atomic E-state index is 11.7. The van der Waals surface area contributed by atoms with Gasteiger partial charge in [0.2, 0.25) is 0 Å². The second-order valence-electron chi connectivity index (χ2n) is 9.66. The predicted molar refractivity (Wildman–Crippen MR) is 142 cm³/mol. The summed E-state index contributed by atoms with van der Waals surface area (Å²) < 4.78 is 13.4. The molecule has 1 aliphatic carbocycles. The SMILES string of the molecule is C/C(=C1\c2ccc(Cn3c(C4CC4)nc4c(Cl)cccc43)cc2COc2ccccc21)c1noc(=O)[nH]1. The van der Waals surface area contributed by atoms with Gasteiger partial charge in [-0.2, -0.15) is 0 Å². The number of para-hydroxylation sites is 2. The van der Waals surface area contributed by atoms with Crippen molar-refractivity contribution in [1.82, 2.24) is 19.7 Å². The minimum Gasteiger partial charge on any atom is -0.488 e. The van der Waals surface area contributed by atoms with Crippen molar-refractivity contribution >= 4 is 33.8 Å². The largest absolute Gasteiger partial charge is 0.488 e. The van der Waals surface area contributed by atoms with Crippen LogP contribution in [0, 0.1) is 0 Å². The van der Waals surface area contributed by atoms with Crippen LogP contribution in [0.5, 0.6) is 5.75 Å². The molecule has 184 valence electrons. The van der Waals surface area contributed by atoms with Crippen molar-refractivity contribution in [1.29, 1.82) is 0 Å². The van der Waals surface area contributed by atoms with E-state index in [4.69, 9.17) is 25.8 Å². The van der Waals surface area contributed by atoms with Crippen molar-refractivity contribution in [3.63, 3.8) is 0 Å². The summed E-state index contributed by atoms with van der Waals surface area (Å²) in [6.45, 7) is 3.06. The molecule has 0 amide bonds. The predicted octanol–water partition coefficient (Wildman–Crippen LogP) is 6.16. The van der Waals surface area contributed by atoms with Crippen molar-refractivity contribution in [2.24, 2.45) is 0 Å². The first kappa shape index (κ1) is 22.1.